The van der Waals surface area contributed by atoms with Gasteiger partial charge in [-0.3, -0.25) is 4.79 Å². The predicted octanol–water partition coefficient (Wildman–Crippen LogP) is -3.10. The zero-order valence-corrected chi connectivity index (χ0v) is 11.1. The van der Waals surface area contributed by atoms with Crippen molar-refractivity contribution in [3.05, 3.63) is 23.5 Å². The van der Waals surface area contributed by atoms with Gasteiger partial charge in [0.2, 0.25) is 5.91 Å². The van der Waals surface area contributed by atoms with Crippen LogP contribution in [-0.2, 0) is 17.6 Å². The van der Waals surface area contributed by atoms with Gasteiger partial charge in [0.15, 0.2) is 5.82 Å². The number of aromatic amines is 2. The molecule has 1 amide bonds. The van der Waals surface area contributed by atoms with Crippen molar-refractivity contribution in [2.45, 2.75) is 18.8 Å². The number of hydrogen-bond donors (Lipinski definition) is 6. The fraction of sp³-hybridized carbons (Fsp3) is 0.333. The summed E-state index contributed by atoms with van der Waals surface area (Å²) in [5.74, 6) is -2.48. The second-order valence-corrected chi connectivity index (χ2v) is 4.35. The molecule has 0 aromatic carbocycles. The van der Waals surface area contributed by atoms with Gasteiger partial charge < -0.3 is 25.5 Å². The van der Waals surface area contributed by atoms with Crippen LogP contribution in [0.15, 0.2) is 6.20 Å². The van der Waals surface area contributed by atoms with E-state index in [-0.39, 0.29) is 30.2 Å². The molecule has 1 atom stereocenters. The molecule has 0 saturated heterocycles. The number of aromatic carboxylic acids is 1. The van der Waals surface area contributed by atoms with E-state index < -0.39 is 24.9 Å². The molecular formula is C9H12BN7O5. The first-order valence-electron chi connectivity index (χ1n) is 6.10. The number of tetrazole rings is 1. The molecule has 0 bridgehead atoms. The van der Waals surface area contributed by atoms with Crippen LogP contribution in [0.3, 0.4) is 0 Å². The fourth-order valence-corrected chi connectivity index (χ4v) is 1.67. The van der Waals surface area contributed by atoms with Gasteiger partial charge in [-0.2, -0.15) is 5.21 Å². The highest BCUT2D eigenvalue weighted by molar-refractivity contribution is 6.43. The van der Waals surface area contributed by atoms with Crippen LogP contribution in [0.1, 0.15) is 22.1 Å². The highest BCUT2D eigenvalue weighted by Crippen LogP contribution is 2.03. The fourth-order valence-electron chi connectivity index (χ4n) is 1.67. The number of carbonyl (C=O) groups excluding carboxylic acids is 1. The molecule has 0 aliphatic rings. The van der Waals surface area contributed by atoms with Gasteiger partial charge in [-0.1, -0.05) is 5.21 Å². The number of H-pyrrole nitrogens is 2. The largest absolute Gasteiger partial charge is 0.477 e. The summed E-state index contributed by atoms with van der Waals surface area (Å²) in [6.07, 6.45) is 0.806. The Morgan fingerprint density at radius 3 is 2.73 bits per heavy atom. The summed E-state index contributed by atoms with van der Waals surface area (Å²) in [5.41, 5.74) is -0.140. The van der Waals surface area contributed by atoms with Crippen LogP contribution in [0.5, 0.6) is 0 Å². The zero-order valence-electron chi connectivity index (χ0n) is 11.1. The van der Waals surface area contributed by atoms with Crippen LogP contribution >= 0.6 is 0 Å². The first kappa shape index (κ1) is 15.6. The number of carbonyl (C=O) groups is 2. The van der Waals surface area contributed by atoms with Gasteiger partial charge >= 0.3 is 13.1 Å². The molecule has 2 rings (SSSR count). The number of amides is 1. The van der Waals surface area contributed by atoms with Crippen molar-refractivity contribution < 1.29 is 24.7 Å². The van der Waals surface area contributed by atoms with Gasteiger partial charge in [0.05, 0.1) is 18.6 Å². The van der Waals surface area contributed by atoms with Gasteiger partial charge in [0.1, 0.15) is 11.5 Å². The Labute approximate surface area is 123 Å². The predicted molar refractivity (Wildman–Crippen MR) is 69.3 cm³/mol. The quantitative estimate of drug-likeness (QED) is 0.287. The Kier molecular flexibility index (Phi) is 4.80. The lowest BCUT2D eigenvalue weighted by Gasteiger charge is -2.16. The van der Waals surface area contributed by atoms with Crippen LogP contribution in [0.25, 0.3) is 0 Å². The maximum Gasteiger partial charge on any atom is 0.475 e. The molecule has 0 aliphatic heterocycles. The maximum absolute atomic E-state index is 11.7. The van der Waals surface area contributed by atoms with E-state index in [1.165, 1.54) is 0 Å². The van der Waals surface area contributed by atoms with E-state index in [9.17, 15) is 19.6 Å². The van der Waals surface area contributed by atoms with E-state index in [0.717, 1.165) is 6.20 Å². The zero-order chi connectivity index (χ0) is 16.1. The van der Waals surface area contributed by atoms with E-state index in [0.29, 0.717) is 0 Å². The molecule has 0 aliphatic carbocycles. The lowest BCUT2D eigenvalue weighted by molar-refractivity contribution is -0.120. The number of imidazole rings is 1. The maximum atomic E-state index is 11.7. The molecule has 13 heteroatoms. The number of carboxylic acids is 1. The van der Waals surface area contributed by atoms with Crippen LogP contribution in [0.2, 0.25) is 0 Å². The molecule has 0 unspecified atom stereocenters. The molecule has 0 spiro atoms. The summed E-state index contributed by atoms with van der Waals surface area (Å²) in [4.78, 5) is 28.8. The first-order chi connectivity index (χ1) is 10.5. The van der Waals surface area contributed by atoms with Crippen molar-refractivity contribution >= 4 is 19.0 Å². The Morgan fingerprint density at radius 1 is 1.41 bits per heavy atom. The van der Waals surface area contributed by atoms with E-state index in [1.807, 2.05) is 0 Å². The molecule has 2 heterocycles. The summed E-state index contributed by atoms with van der Waals surface area (Å²) in [7, 11) is -1.85. The molecular weight excluding hydrogens is 297 g/mol. The van der Waals surface area contributed by atoms with Crippen LogP contribution < -0.4 is 5.32 Å². The number of rotatable bonds is 7. The number of aromatic nitrogens is 6. The van der Waals surface area contributed by atoms with Crippen LogP contribution in [0, 0.1) is 0 Å². The highest BCUT2D eigenvalue weighted by Gasteiger charge is 2.27. The standard InChI is InChI=1S/C9H12BN7O5/c18-8(2-7-14-16-17-15-7)13-5(10(21)22)1-6-11-3-4(12-6)9(19)20/h3,5,21-22H,1-2H2,(H,11,12)(H,13,18)(H,19,20)(H,14,15,16,17)/t5-/m0/s1. The Bertz CT molecular complexity index is 643. The van der Waals surface area contributed by atoms with Crippen molar-refractivity contribution in [2.24, 2.45) is 0 Å². The first-order valence-corrected chi connectivity index (χ1v) is 6.10. The normalized spacial score (nSPS) is 11.9. The van der Waals surface area contributed by atoms with Gasteiger partial charge in [-0.25, -0.2) is 9.78 Å². The van der Waals surface area contributed by atoms with Gasteiger partial charge in [0, 0.05) is 6.42 Å². The lowest BCUT2D eigenvalue weighted by Crippen LogP contribution is -2.48. The van der Waals surface area contributed by atoms with Crippen LogP contribution in [0.4, 0.5) is 0 Å². The van der Waals surface area contributed by atoms with Crippen molar-refractivity contribution in [1.82, 2.24) is 35.9 Å². The Hall–Kier alpha value is -2.80. The average Bonchev–Trinajstić information content (AvgIpc) is 3.09. The van der Waals surface area contributed by atoms with Crippen molar-refractivity contribution in [1.29, 1.82) is 0 Å². The second-order valence-electron chi connectivity index (χ2n) is 4.35. The molecule has 22 heavy (non-hydrogen) atoms. The third-order valence-corrected chi connectivity index (χ3v) is 2.69. The summed E-state index contributed by atoms with van der Waals surface area (Å²) >= 11 is 0. The number of nitrogens with one attached hydrogen (secondary N) is 3. The van der Waals surface area contributed by atoms with Crippen molar-refractivity contribution in [3.63, 3.8) is 0 Å². The van der Waals surface area contributed by atoms with Crippen LogP contribution in [-0.4, -0.2) is 70.7 Å². The Morgan fingerprint density at radius 2 is 2.18 bits per heavy atom. The summed E-state index contributed by atoms with van der Waals surface area (Å²) in [6, 6.07) is 0. The van der Waals surface area contributed by atoms with E-state index in [2.05, 4.69) is 35.9 Å². The summed E-state index contributed by atoms with van der Waals surface area (Å²) in [5, 5.41) is 42.4. The highest BCUT2D eigenvalue weighted by atomic mass is 16.4. The van der Waals surface area contributed by atoms with E-state index in [1.54, 1.807) is 0 Å². The minimum atomic E-state index is -1.85. The lowest BCUT2D eigenvalue weighted by atomic mass is 9.77. The minimum absolute atomic E-state index is 0.0943. The molecule has 12 nitrogen and oxygen atoms in total. The average molecular weight is 309 g/mol. The van der Waals surface area contributed by atoms with Crippen molar-refractivity contribution in [3.8, 4) is 0 Å². The van der Waals surface area contributed by atoms with Gasteiger partial charge in [-0.15, -0.1) is 10.2 Å². The SMILES string of the molecule is O=C(Cc1nn[nH]n1)N[C@@H](Cc1ncc(C(=O)O)[nH]1)B(O)O. The molecule has 0 saturated carbocycles. The molecule has 2 aromatic rings. The van der Waals surface area contributed by atoms with E-state index in [4.69, 9.17) is 5.11 Å². The molecule has 0 fully saturated rings. The van der Waals surface area contributed by atoms with Gasteiger partial charge in [-0.05, 0) is 0 Å². The monoisotopic (exact) mass is 309 g/mol. The third kappa shape index (κ3) is 4.10. The third-order valence-electron chi connectivity index (χ3n) is 2.69. The molecule has 0 radical (unpaired) electrons. The second kappa shape index (κ2) is 6.77. The summed E-state index contributed by atoms with van der Waals surface area (Å²) < 4.78 is 0. The number of carboxylic acid groups (broad SMARTS) is 1. The summed E-state index contributed by atoms with van der Waals surface area (Å²) in [6.45, 7) is 0. The minimum Gasteiger partial charge on any atom is -0.477 e. The topological polar surface area (TPSA) is 190 Å². The molecule has 2 aromatic heterocycles. The van der Waals surface area contributed by atoms with Crippen molar-refractivity contribution in [2.75, 3.05) is 0 Å². The van der Waals surface area contributed by atoms with E-state index >= 15 is 0 Å². The smallest absolute Gasteiger partial charge is 0.475 e. The molecule has 116 valence electrons. The number of hydrogen-bond acceptors (Lipinski definition) is 8. The molecule has 6 N–H and O–H groups in total. The Balaban J connectivity index is 1.97. The van der Waals surface area contributed by atoms with Gasteiger partial charge in [0.25, 0.3) is 0 Å². The number of nitrogens with zero attached hydrogens (tertiary/aromatic N) is 4.